The van der Waals surface area contributed by atoms with Gasteiger partial charge < -0.3 is 10.3 Å². The molecular weight excluding hydrogens is 306 g/mol. The van der Waals surface area contributed by atoms with E-state index in [2.05, 4.69) is 18.2 Å². The molecule has 0 aliphatic carbocycles. The lowest BCUT2D eigenvalue weighted by Gasteiger charge is -2.12. The lowest BCUT2D eigenvalue weighted by atomic mass is 10.1. The van der Waals surface area contributed by atoms with E-state index in [0.29, 0.717) is 29.4 Å². The zero-order valence-corrected chi connectivity index (χ0v) is 13.3. The van der Waals surface area contributed by atoms with E-state index in [4.69, 9.17) is 17.3 Å². The van der Waals surface area contributed by atoms with Crippen molar-refractivity contribution >= 4 is 17.3 Å². The molecule has 114 valence electrons. The molecule has 0 aliphatic rings. The summed E-state index contributed by atoms with van der Waals surface area (Å²) < 4.78 is 1.98. The predicted octanol–water partition coefficient (Wildman–Crippen LogP) is 4.23. The van der Waals surface area contributed by atoms with E-state index in [9.17, 15) is 5.26 Å². The van der Waals surface area contributed by atoms with E-state index in [1.54, 1.807) is 6.07 Å². The highest BCUT2D eigenvalue weighted by molar-refractivity contribution is 6.30. The summed E-state index contributed by atoms with van der Waals surface area (Å²) >= 11 is 5.94. The van der Waals surface area contributed by atoms with Crippen molar-refractivity contribution in [2.24, 2.45) is 0 Å². The molecule has 0 atom stereocenters. The Hall–Kier alpha value is -2.70. The van der Waals surface area contributed by atoms with Gasteiger partial charge in [0.1, 0.15) is 11.8 Å². The van der Waals surface area contributed by atoms with Crippen LogP contribution in [0.25, 0.3) is 0 Å². The van der Waals surface area contributed by atoms with E-state index in [-0.39, 0.29) is 0 Å². The number of benzene rings is 2. The molecule has 4 heteroatoms. The lowest BCUT2D eigenvalue weighted by Crippen LogP contribution is -2.08. The monoisotopic (exact) mass is 321 g/mol. The van der Waals surface area contributed by atoms with Crippen molar-refractivity contribution < 1.29 is 0 Å². The van der Waals surface area contributed by atoms with Gasteiger partial charge in [-0.1, -0.05) is 54.1 Å². The molecular formula is C19H16ClN3. The molecule has 0 amide bonds. The van der Waals surface area contributed by atoms with Gasteiger partial charge in [0, 0.05) is 23.7 Å². The summed E-state index contributed by atoms with van der Waals surface area (Å²) in [5.41, 5.74) is 10.6. The number of nitrogens with zero attached hydrogens (tertiary/aromatic N) is 2. The summed E-state index contributed by atoms with van der Waals surface area (Å²) in [6.07, 6.45) is 0.696. The molecule has 3 rings (SSSR count). The van der Waals surface area contributed by atoms with Gasteiger partial charge in [0.15, 0.2) is 0 Å². The third kappa shape index (κ3) is 3.39. The third-order valence-electron chi connectivity index (χ3n) is 3.82. The van der Waals surface area contributed by atoms with Crippen LogP contribution >= 0.6 is 11.6 Å². The number of hydrogen-bond acceptors (Lipinski definition) is 2. The average molecular weight is 322 g/mol. The van der Waals surface area contributed by atoms with E-state index in [0.717, 1.165) is 11.3 Å². The minimum absolute atomic E-state index is 0.573. The highest BCUT2D eigenvalue weighted by Gasteiger charge is 2.14. The topological polar surface area (TPSA) is 54.7 Å². The summed E-state index contributed by atoms with van der Waals surface area (Å²) in [6.45, 7) is 0.597. The van der Waals surface area contributed by atoms with Crippen LogP contribution in [0.15, 0.2) is 60.7 Å². The van der Waals surface area contributed by atoms with Crippen LogP contribution in [0.2, 0.25) is 5.02 Å². The van der Waals surface area contributed by atoms with Gasteiger partial charge in [0.2, 0.25) is 0 Å². The summed E-state index contributed by atoms with van der Waals surface area (Å²) in [5, 5.41) is 10.1. The minimum atomic E-state index is 0.573. The van der Waals surface area contributed by atoms with Gasteiger partial charge in [-0.05, 0) is 29.3 Å². The van der Waals surface area contributed by atoms with Crippen molar-refractivity contribution in [1.29, 1.82) is 5.26 Å². The fourth-order valence-corrected chi connectivity index (χ4v) is 2.77. The maximum Gasteiger partial charge on any atom is 0.122 e. The van der Waals surface area contributed by atoms with Crippen molar-refractivity contribution in [3.8, 4) is 6.07 Å². The van der Waals surface area contributed by atoms with Gasteiger partial charge in [-0.15, -0.1) is 0 Å². The number of anilines is 1. The first-order valence-corrected chi connectivity index (χ1v) is 7.71. The van der Waals surface area contributed by atoms with Gasteiger partial charge in [-0.2, -0.15) is 5.26 Å². The smallest absolute Gasteiger partial charge is 0.122 e. The maximum absolute atomic E-state index is 9.40. The molecule has 0 spiro atoms. The molecule has 0 bridgehead atoms. The summed E-state index contributed by atoms with van der Waals surface area (Å²) in [5.74, 6) is 0. The van der Waals surface area contributed by atoms with Crippen molar-refractivity contribution in [3.63, 3.8) is 0 Å². The Labute approximate surface area is 140 Å². The molecule has 0 radical (unpaired) electrons. The molecule has 1 aromatic heterocycles. The molecule has 1 heterocycles. The first-order chi connectivity index (χ1) is 11.2. The van der Waals surface area contributed by atoms with Crippen LogP contribution < -0.4 is 5.73 Å². The fraction of sp³-hybridized carbons (Fsp3) is 0.105. The Morgan fingerprint density at radius 1 is 1.00 bits per heavy atom. The third-order valence-corrected chi connectivity index (χ3v) is 4.08. The second-order valence-electron chi connectivity index (χ2n) is 5.42. The average Bonchev–Trinajstić information content (AvgIpc) is 2.86. The number of halogens is 1. The molecule has 3 aromatic rings. The van der Waals surface area contributed by atoms with Crippen molar-refractivity contribution in [2.75, 3.05) is 5.73 Å². The van der Waals surface area contributed by atoms with Crippen LogP contribution in [0.1, 0.15) is 22.5 Å². The molecule has 2 aromatic carbocycles. The van der Waals surface area contributed by atoms with Crippen molar-refractivity contribution in [3.05, 3.63) is 88.2 Å². The Balaban J connectivity index is 1.97. The second-order valence-corrected chi connectivity index (χ2v) is 5.85. The SMILES string of the molecule is N#Cc1cc(N)c(Cc2ccccc2)n1Cc1ccc(Cl)cc1. The quantitative estimate of drug-likeness (QED) is 0.781. The molecule has 23 heavy (non-hydrogen) atoms. The van der Waals surface area contributed by atoms with Crippen molar-refractivity contribution in [2.45, 2.75) is 13.0 Å². The number of nitrogens with two attached hydrogens (primary N) is 1. The standard InChI is InChI=1S/C19H16ClN3/c20-16-8-6-15(7-9-16)13-23-17(12-21)11-18(22)19(23)10-14-4-2-1-3-5-14/h1-9,11H,10,13,22H2. The number of hydrogen-bond donors (Lipinski definition) is 1. The first-order valence-electron chi connectivity index (χ1n) is 7.33. The number of rotatable bonds is 4. The van der Waals surface area contributed by atoms with Crippen LogP contribution in [-0.4, -0.2) is 4.57 Å². The van der Waals surface area contributed by atoms with Gasteiger partial charge in [0.25, 0.3) is 0 Å². The molecule has 0 fully saturated rings. The van der Waals surface area contributed by atoms with E-state index >= 15 is 0 Å². The molecule has 0 unspecified atom stereocenters. The van der Waals surface area contributed by atoms with Gasteiger partial charge in [0.05, 0.1) is 5.69 Å². The van der Waals surface area contributed by atoms with E-state index in [1.165, 1.54) is 5.56 Å². The van der Waals surface area contributed by atoms with Crippen LogP contribution in [0, 0.1) is 11.3 Å². The maximum atomic E-state index is 9.40. The number of nitriles is 1. The Bertz CT molecular complexity index is 843. The van der Waals surface area contributed by atoms with Gasteiger partial charge in [-0.25, -0.2) is 0 Å². The van der Waals surface area contributed by atoms with Crippen LogP contribution in [-0.2, 0) is 13.0 Å². The van der Waals surface area contributed by atoms with Gasteiger partial charge in [-0.3, -0.25) is 0 Å². The molecule has 0 saturated carbocycles. The largest absolute Gasteiger partial charge is 0.397 e. The zero-order chi connectivity index (χ0) is 16.2. The summed E-state index contributed by atoms with van der Waals surface area (Å²) in [4.78, 5) is 0. The molecule has 3 nitrogen and oxygen atoms in total. The second kappa shape index (κ2) is 6.60. The first kappa shape index (κ1) is 15.2. The Morgan fingerprint density at radius 3 is 2.35 bits per heavy atom. The normalized spacial score (nSPS) is 10.4. The van der Waals surface area contributed by atoms with E-state index < -0.39 is 0 Å². The van der Waals surface area contributed by atoms with Crippen LogP contribution in [0.5, 0.6) is 0 Å². The zero-order valence-electron chi connectivity index (χ0n) is 12.5. The lowest BCUT2D eigenvalue weighted by molar-refractivity contribution is 0.749. The van der Waals surface area contributed by atoms with Crippen LogP contribution in [0.3, 0.4) is 0 Å². The molecule has 2 N–H and O–H groups in total. The molecule has 0 saturated heterocycles. The highest BCUT2D eigenvalue weighted by atomic mass is 35.5. The van der Waals surface area contributed by atoms with Gasteiger partial charge >= 0.3 is 0 Å². The Kier molecular flexibility index (Phi) is 4.36. The Morgan fingerprint density at radius 2 is 1.70 bits per heavy atom. The van der Waals surface area contributed by atoms with Crippen molar-refractivity contribution in [1.82, 2.24) is 4.57 Å². The van der Waals surface area contributed by atoms with Crippen LogP contribution in [0.4, 0.5) is 5.69 Å². The summed E-state index contributed by atoms with van der Waals surface area (Å²) in [7, 11) is 0. The summed E-state index contributed by atoms with van der Waals surface area (Å²) in [6, 6.07) is 21.7. The predicted molar refractivity (Wildman–Crippen MR) is 93.4 cm³/mol. The number of aromatic nitrogens is 1. The number of nitrogen functional groups attached to an aromatic ring is 1. The van der Waals surface area contributed by atoms with E-state index in [1.807, 2.05) is 47.0 Å². The molecule has 0 aliphatic heterocycles. The minimum Gasteiger partial charge on any atom is -0.397 e. The highest BCUT2D eigenvalue weighted by Crippen LogP contribution is 2.23. The fourth-order valence-electron chi connectivity index (χ4n) is 2.64.